The van der Waals surface area contributed by atoms with E-state index in [-0.39, 0.29) is 30.4 Å². The highest BCUT2D eigenvalue weighted by Gasteiger charge is 2.30. The minimum atomic E-state index is -0.719. The van der Waals surface area contributed by atoms with Crippen molar-refractivity contribution < 1.29 is 19.1 Å². The first-order chi connectivity index (χ1) is 14.2. The Kier molecular flexibility index (Phi) is 6.48. The summed E-state index contributed by atoms with van der Waals surface area (Å²) in [7, 11) is 0. The smallest absolute Gasteiger partial charge is 0.342 e. The van der Waals surface area contributed by atoms with Crippen LogP contribution >= 0.6 is 0 Å². The van der Waals surface area contributed by atoms with Crippen LogP contribution in [-0.2, 0) is 9.53 Å². The topological polar surface area (TPSA) is 104 Å². The molecule has 0 spiro atoms. The zero-order chi connectivity index (χ0) is 21.9. The molecule has 162 valence electrons. The molecule has 0 radical (unpaired) electrons. The SMILES string of the molecule is CCOC(=O)c1c(C)nc2cccc(OCC(C)(C)C(=O)NCC3CCC3)c2c1N. The third-order valence-corrected chi connectivity index (χ3v) is 5.65. The van der Waals surface area contributed by atoms with E-state index < -0.39 is 11.4 Å². The second-order valence-electron chi connectivity index (χ2n) is 8.54. The van der Waals surface area contributed by atoms with Crippen LogP contribution in [0.3, 0.4) is 0 Å². The van der Waals surface area contributed by atoms with Gasteiger partial charge in [-0.3, -0.25) is 9.78 Å². The summed E-state index contributed by atoms with van der Waals surface area (Å²) in [5.41, 5.74) is 7.29. The summed E-state index contributed by atoms with van der Waals surface area (Å²) in [6.45, 7) is 8.31. The molecule has 1 aliphatic rings. The number of hydrogen-bond donors (Lipinski definition) is 2. The summed E-state index contributed by atoms with van der Waals surface area (Å²) < 4.78 is 11.2. The number of hydrogen-bond acceptors (Lipinski definition) is 6. The summed E-state index contributed by atoms with van der Waals surface area (Å²) in [5, 5.41) is 3.59. The van der Waals surface area contributed by atoms with E-state index in [1.165, 1.54) is 19.3 Å². The second kappa shape index (κ2) is 8.90. The Balaban J connectivity index is 1.82. The van der Waals surface area contributed by atoms with E-state index >= 15 is 0 Å². The number of nitrogen functional groups attached to an aromatic ring is 1. The Hall–Kier alpha value is -2.83. The largest absolute Gasteiger partial charge is 0.492 e. The molecule has 1 aliphatic carbocycles. The molecular weight excluding hydrogens is 382 g/mol. The molecule has 0 atom stereocenters. The lowest BCUT2D eigenvalue weighted by Crippen LogP contribution is -2.43. The Morgan fingerprint density at radius 1 is 1.30 bits per heavy atom. The molecule has 1 fully saturated rings. The van der Waals surface area contributed by atoms with Crippen molar-refractivity contribution in [2.75, 3.05) is 25.5 Å². The van der Waals surface area contributed by atoms with Crippen LogP contribution < -0.4 is 15.8 Å². The first-order valence-corrected chi connectivity index (χ1v) is 10.5. The van der Waals surface area contributed by atoms with Crippen molar-refractivity contribution in [1.29, 1.82) is 0 Å². The van der Waals surface area contributed by atoms with Crippen molar-refractivity contribution in [3.8, 4) is 5.75 Å². The van der Waals surface area contributed by atoms with E-state index in [1.54, 1.807) is 19.9 Å². The third-order valence-electron chi connectivity index (χ3n) is 5.65. The fraction of sp³-hybridized carbons (Fsp3) is 0.522. The molecular formula is C23H31N3O4. The van der Waals surface area contributed by atoms with E-state index in [0.29, 0.717) is 28.3 Å². The van der Waals surface area contributed by atoms with Gasteiger partial charge in [0.25, 0.3) is 0 Å². The molecule has 1 amide bonds. The van der Waals surface area contributed by atoms with Gasteiger partial charge < -0.3 is 20.5 Å². The predicted octanol–water partition coefficient (Wildman–Crippen LogP) is 3.62. The zero-order valence-electron chi connectivity index (χ0n) is 18.2. The number of carbonyl (C=O) groups excluding carboxylic acids is 2. The number of ether oxygens (including phenoxy) is 2. The summed E-state index contributed by atoms with van der Waals surface area (Å²) in [6, 6.07) is 5.40. The van der Waals surface area contributed by atoms with Crippen LogP contribution in [0.4, 0.5) is 5.69 Å². The maximum atomic E-state index is 12.6. The van der Waals surface area contributed by atoms with E-state index in [2.05, 4.69) is 10.3 Å². The highest BCUT2D eigenvalue weighted by atomic mass is 16.5. The number of esters is 1. The Morgan fingerprint density at radius 3 is 2.67 bits per heavy atom. The molecule has 0 saturated heterocycles. The fourth-order valence-corrected chi connectivity index (χ4v) is 3.52. The van der Waals surface area contributed by atoms with Gasteiger partial charge in [0.05, 0.1) is 34.3 Å². The molecule has 0 aliphatic heterocycles. The maximum Gasteiger partial charge on any atom is 0.342 e. The van der Waals surface area contributed by atoms with Crippen molar-refractivity contribution in [1.82, 2.24) is 10.3 Å². The number of amides is 1. The molecule has 7 heteroatoms. The van der Waals surface area contributed by atoms with Gasteiger partial charge in [-0.15, -0.1) is 0 Å². The van der Waals surface area contributed by atoms with Crippen molar-refractivity contribution in [2.24, 2.45) is 11.3 Å². The van der Waals surface area contributed by atoms with Crippen LogP contribution in [0.15, 0.2) is 18.2 Å². The number of rotatable bonds is 8. The van der Waals surface area contributed by atoms with Crippen molar-refractivity contribution >= 4 is 28.5 Å². The average molecular weight is 414 g/mol. The van der Waals surface area contributed by atoms with Crippen LogP contribution in [0.5, 0.6) is 5.75 Å². The summed E-state index contributed by atoms with van der Waals surface area (Å²) in [4.78, 5) is 29.5. The highest BCUT2D eigenvalue weighted by Crippen LogP contribution is 2.34. The lowest BCUT2D eigenvalue weighted by Gasteiger charge is -2.29. The van der Waals surface area contributed by atoms with E-state index in [0.717, 1.165) is 6.54 Å². The molecule has 1 heterocycles. The first kappa shape index (κ1) is 21.9. The highest BCUT2D eigenvalue weighted by molar-refractivity contribution is 6.07. The Bertz CT molecular complexity index is 951. The number of nitrogens with one attached hydrogen (secondary N) is 1. The van der Waals surface area contributed by atoms with Gasteiger partial charge >= 0.3 is 5.97 Å². The van der Waals surface area contributed by atoms with E-state index in [4.69, 9.17) is 15.2 Å². The van der Waals surface area contributed by atoms with Gasteiger partial charge in [-0.25, -0.2) is 4.79 Å². The first-order valence-electron chi connectivity index (χ1n) is 10.5. The van der Waals surface area contributed by atoms with Gasteiger partial charge in [-0.05, 0) is 58.6 Å². The van der Waals surface area contributed by atoms with Gasteiger partial charge in [-0.1, -0.05) is 12.5 Å². The van der Waals surface area contributed by atoms with Crippen LogP contribution in [-0.4, -0.2) is 36.6 Å². The van der Waals surface area contributed by atoms with Gasteiger partial charge in [0.1, 0.15) is 17.9 Å². The number of pyridine rings is 1. The number of benzene rings is 1. The lowest BCUT2D eigenvalue weighted by molar-refractivity contribution is -0.131. The number of aromatic nitrogens is 1. The third kappa shape index (κ3) is 4.50. The predicted molar refractivity (Wildman–Crippen MR) is 116 cm³/mol. The van der Waals surface area contributed by atoms with Crippen molar-refractivity contribution in [3.05, 3.63) is 29.5 Å². The van der Waals surface area contributed by atoms with E-state index in [1.807, 2.05) is 26.0 Å². The van der Waals surface area contributed by atoms with Crippen LogP contribution in [0.25, 0.3) is 10.9 Å². The molecule has 1 aromatic heterocycles. The van der Waals surface area contributed by atoms with Crippen molar-refractivity contribution in [2.45, 2.75) is 47.0 Å². The minimum Gasteiger partial charge on any atom is -0.492 e. The van der Waals surface area contributed by atoms with Gasteiger partial charge in [-0.2, -0.15) is 0 Å². The van der Waals surface area contributed by atoms with Gasteiger partial charge in [0.15, 0.2) is 0 Å². The molecule has 1 saturated carbocycles. The molecule has 2 aromatic rings. The zero-order valence-corrected chi connectivity index (χ0v) is 18.2. The average Bonchev–Trinajstić information content (AvgIpc) is 2.65. The van der Waals surface area contributed by atoms with E-state index in [9.17, 15) is 9.59 Å². The van der Waals surface area contributed by atoms with Gasteiger partial charge in [0.2, 0.25) is 5.91 Å². The quantitative estimate of drug-likeness (QED) is 0.641. The fourth-order valence-electron chi connectivity index (χ4n) is 3.52. The van der Waals surface area contributed by atoms with Crippen LogP contribution in [0, 0.1) is 18.3 Å². The maximum absolute atomic E-state index is 12.6. The van der Waals surface area contributed by atoms with Crippen LogP contribution in [0.1, 0.15) is 56.1 Å². The number of fused-ring (bicyclic) bond motifs is 1. The molecule has 3 N–H and O–H groups in total. The second-order valence-corrected chi connectivity index (χ2v) is 8.54. The van der Waals surface area contributed by atoms with Crippen LogP contribution in [0.2, 0.25) is 0 Å². The number of aryl methyl sites for hydroxylation is 1. The summed E-state index contributed by atoms with van der Waals surface area (Å²) >= 11 is 0. The molecule has 3 rings (SSSR count). The van der Waals surface area contributed by atoms with Crippen molar-refractivity contribution in [3.63, 3.8) is 0 Å². The number of nitrogens with zero attached hydrogens (tertiary/aromatic N) is 1. The molecule has 7 nitrogen and oxygen atoms in total. The molecule has 1 aromatic carbocycles. The standard InChI is InChI=1S/C23H31N3O4/c1-5-29-21(27)18-14(2)26-16-10-7-11-17(19(16)20(18)24)30-13-23(3,4)22(28)25-12-15-8-6-9-15/h7,10-11,15H,5-6,8-9,12-13H2,1-4H3,(H2,24,26)(H,25,28). The summed E-state index contributed by atoms with van der Waals surface area (Å²) in [6.07, 6.45) is 3.61. The minimum absolute atomic E-state index is 0.0382. The number of carbonyl (C=O) groups is 2. The molecule has 0 unspecified atom stereocenters. The Labute approximate surface area is 177 Å². The Morgan fingerprint density at radius 2 is 2.03 bits per heavy atom. The normalized spacial score (nSPS) is 14.3. The summed E-state index contributed by atoms with van der Waals surface area (Å²) in [5.74, 6) is 0.540. The monoisotopic (exact) mass is 413 g/mol. The molecule has 0 bridgehead atoms. The number of nitrogens with two attached hydrogens (primary N) is 1. The van der Waals surface area contributed by atoms with Gasteiger partial charge in [0, 0.05) is 6.54 Å². The number of anilines is 1. The lowest BCUT2D eigenvalue weighted by atomic mass is 9.85. The molecule has 30 heavy (non-hydrogen) atoms.